The normalized spacial score (nSPS) is 15.5. The Balaban J connectivity index is 1.56. The molecule has 1 fully saturated rings. The first-order valence-corrected chi connectivity index (χ1v) is 10.6. The SMILES string of the molecule is Nc1ncc(C(=O)NC2CN(S(=O)(=O)C(F)(F)F)C2)c2ccc(-c3cccc(F)c3)nc12. The van der Waals surface area contributed by atoms with Crippen molar-refractivity contribution in [2.75, 3.05) is 18.8 Å². The average molecular weight is 469 g/mol. The van der Waals surface area contributed by atoms with E-state index in [0.29, 0.717) is 16.6 Å². The molecule has 0 aliphatic carbocycles. The van der Waals surface area contributed by atoms with Gasteiger partial charge in [-0.05, 0) is 24.3 Å². The summed E-state index contributed by atoms with van der Waals surface area (Å²) >= 11 is 0. The van der Waals surface area contributed by atoms with Gasteiger partial charge >= 0.3 is 15.5 Å². The van der Waals surface area contributed by atoms with E-state index in [1.807, 2.05) is 0 Å². The van der Waals surface area contributed by atoms with Gasteiger partial charge in [0.25, 0.3) is 5.91 Å². The van der Waals surface area contributed by atoms with Crippen LogP contribution in [-0.4, -0.2) is 53.2 Å². The molecule has 13 heteroatoms. The van der Waals surface area contributed by atoms with Gasteiger partial charge in [-0.25, -0.2) is 22.8 Å². The maximum atomic E-state index is 13.5. The van der Waals surface area contributed by atoms with E-state index < -0.39 is 46.4 Å². The Hall–Kier alpha value is -3.32. The standard InChI is InChI=1S/C19H15F4N5O3S/c20-11-3-1-2-10(6-11)15-5-4-13-14(7-25-17(24)16(13)27-15)18(29)26-12-8-28(9-12)32(30,31)19(21,22)23/h1-7,12H,8-9H2,(H2,24,25)(H,26,29). The summed E-state index contributed by atoms with van der Waals surface area (Å²) in [6.07, 6.45) is 1.19. The molecule has 32 heavy (non-hydrogen) atoms. The first kappa shape index (κ1) is 21.9. The number of hydrogen-bond acceptors (Lipinski definition) is 6. The second kappa shape index (κ2) is 7.67. The molecule has 0 radical (unpaired) electrons. The number of hydrogen-bond donors (Lipinski definition) is 2. The van der Waals surface area contributed by atoms with Gasteiger partial charge in [-0.15, -0.1) is 0 Å². The molecule has 0 atom stereocenters. The first-order valence-electron chi connectivity index (χ1n) is 9.16. The zero-order valence-corrected chi connectivity index (χ0v) is 16.9. The van der Waals surface area contributed by atoms with Gasteiger partial charge < -0.3 is 11.1 Å². The lowest BCUT2D eigenvalue weighted by Gasteiger charge is -2.38. The quantitative estimate of drug-likeness (QED) is 0.566. The smallest absolute Gasteiger partial charge is 0.382 e. The average Bonchev–Trinajstić information content (AvgIpc) is 2.69. The van der Waals surface area contributed by atoms with Crippen molar-refractivity contribution in [1.29, 1.82) is 0 Å². The van der Waals surface area contributed by atoms with Crippen molar-refractivity contribution < 1.29 is 30.8 Å². The summed E-state index contributed by atoms with van der Waals surface area (Å²) in [7, 11) is -5.43. The van der Waals surface area contributed by atoms with Crippen LogP contribution in [0.25, 0.3) is 22.2 Å². The Labute approximate surface area is 179 Å². The highest BCUT2D eigenvalue weighted by molar-refractivity contribution is 7.90. The molecule has 3 aromatic rings. The zero-order chi connectivity index (χ0) is 23.3. The number of aromatic nitrogens is 2. The molecule has 2 aromatic heterocycles. The molecule has 3 heterocycles. The molecule has 0 bridgehead atoms. The Morgan fingerprint density at radius 1 is 1.19 bits per heavy atom. The number of nitrogens with two attached hydrogens (primary N) is 1. The summed E-state index contributed by atoms with van der Waals surface area (Å²) in [5.41, 5.74) is 1.62. The fourth-order valence-corrected chi connectivity index (χ4v) is 4.31. The maximum Gasteiger partial charge on any atom is 0.511 e. The van der Waals surface area contributed by atoms with Crippen LogP contribution in [0.15, 0.2) is 42.6 Å². The van der Waals surface area contributed by atoms with Crippen LogP contribution in [0.3, 0.4) is 0 Å². The lowest BCUT2D eigenvalue weighted by molar-refractivity contribution is -0.0512. The van der Waals surface area contributed by atoms with Crippen molar-refractivity contribution >= 4 is 32.7 Å². The lowest BCUT2D eigenvalue weighted by atomic mass is 10.1. The van der Waals surface area contributed by atoms with Crippen LogP contribution in [-0.2, 0) is 10.0 Å². The predicted molar refractivity (Wildman–Crippen MR) is 107 cm³/mol. The number of rotatable bonds is 4. The van der Waals surface area contributed by atoms with Gasteiger partial charge in [-0.1, -0.05) is 12.1 Å². The second-order valence-corrected chi connectivity index (χ2v) is 9.03. The van der Waals surface area contributed by atoms with E-state index in [-0.39, 0.29) is 21.2 Å². The Morgan fingerprint density at radius 3 is 2.56 bits per heavy atom. The minimum atomic E-state index is -5.43. The highest BCUT2D eigenvalue weighted by Crippen LogP contribution is 2.30. The van der Waals surface area contributed by atoms with E-state index in [4.69, 9.17) is 5.73 Å². The third-order valence-corrected chi connectivity index (χ3v) is 6.50. The van der Waals surface area contributed by atoms with Crippen LogP contribution < -0.4 is 11.1 Å². The summed E-state index contributed by atoms with van der Waals surface area (Å²) < 4.78 is 74.2. The molecule has 3 N–H and O–H groups in total. The molecule has 4 rings (SSSR count). The zero-order valence-electron chi connectivity index (χ0n) is 16.1. The van der Waals surface area contributed by atoms with E-state index in [0.717, 1.165) is 0 Å². The fourth-order valence-electron chi connectivity index (χ4n) is 3.26. The molecule has 1 aromatic carbocycles. The van der Waals surface area contributed by atoms with Gasteiger partial charge in [0.1, 0.15) is 17.2 Å². The largest absolute Gasteiger partial charge is 0.511 e. The van der Waals surface area contributed by atoms with E-state index in [2.05, 4.69) is 15.3 Å². The van der Waals surface area contributed by atoms with Crippen LogP contribution in [0.2, 0.25) is 0 Å². The van der Waals surface area contributed by atoms with E-state index in [9.17, 15) is 30.8 Å². The van der Waals surface area contributed by atoms with Crippen LogP contribution in [0.1, 0.15) is 10.4 Å². The number of nitrogen functional groups attached to an aromatic ring is 1. The van der Waals surface area contributed by atoms with Crippen LogP contribution in [0.5, 0.6) is 0 Å². The molecule has 1 amide bonds. The maximum absolute atomic E-state index is 13.5. The first-order chi connectivity index (χ1) is 15.0. The monoisotopic (exact) mass is 469 g/mol. The number of carbonyl (C=O) groups excluding carboxylic acids is 1. The number of alkyl halides is 3. The number of amides is 1. The number of nitrogens with zero attached hydrogens (tertiary/aromatic N) is 3. The molecule has 1 aliphatic rings. The highest BCUT2D eigenvalue weighted by atomic mass is 32.2. The number of pyridine rings is 2. The summed E-state index contributed by atoms with van der Waals surface area (Å²) in [4.78, 5) is 21.0. The van der Waals surface area contributed by atoms with E-state index >= 15 is 0 Å². The van der Waals surface area contributed by atoms with Crippen molar-refractivity contribution in [2.24, 2.45) is 0 Å². The predicted octanol–water partition coefficient (Wildman–Crippen LogP) is 2.28. The van der Waals surface area contributed by atoms with Crippen LogP contribution >= 0.6 is 0 Å². The van der Waals surface area contributed by atoms with Gasteiger partial charge in [0.15, 0.2) is 0 Å². The van der Waals surface area contributed by atoms with Crippen molar-refractivity contribution in [3.05, 3.63) is 54.0 Å². The van der Waals surface area contributed by atoms with Gasteiger partial charge in [0, 0.05) is 30.2 Å². The number of sulfonamides is 1. The Kier molecular flexibility index (Phi) is 5.25. The van der Waals surface area contributed by atoms with Crippen molar-refractivity contribution in [2.45, 2.75) is 11.6 Å². The van der Waals surface area contributed by atoms with Crippen molar-refractivity contribution in [3.63, 3.8) is 0 Å². The molecule has 1 saturated heterocycles. The molecule has 8 nitrogen and oxygen atoms in total. The summed E-state index contributed by atoms with van der Waals surface area (Å²) in [5, 5.41) is 2.81. The van der Waals surface area contributed by atoms with Crippen LogP contribution in [0, 0.1) is 5.82 Å². The molecule has 0 unspecified atom stereocenters. The topological polar surface area (TPSA) is 118 Å². The number of anilines is 1. The number of benzene rings is 1. The number of halogens is 4. The summed E-state index contributed by atoms with van der Waals surface area (Å²) in [6, 6.07) is 8.05. The van der Waals surface area contributed by atoms with Crippen molar-refractivity contribution in [3.8, 4) is 11.3 Å². The molecule has 0 saturated carbocycles. The number of fused-ring (bicyclic) bond motifs is 1. The molecule has 0 spiro atoms. The third-order valence-electron chi connectivity index (χ3n) is 4.94. The minimum absolute atomic E-state index is 0.0286. The second-order valence-electron chi connectivity index (χ2n) is 7.10. The van der Waals surface area contributed by atoms with Crippen LogP contribution in [0.4, 0.5) is 23.4 Å². The van der Waals surface area contributed by atoms with Gasteiger partial charge in [-0.2, -0.15) is 17.5 Å². The fraction of sp³-hybridized carbons (Fsp3) is 0.211. The van der Waals surface area contributed by atoms with Gasteiger partial charge in [-0.3, -0.25) is 4.79 Å². The van der Waals surface area contributed by atoms with E-state index in [1.165, 1.54) is 24.4 Å². The number of nitrogens with one attached hydrogen (secondary N) is 1. The van der Waals surface area contributed by atoms with Gasteiger partial charge in [0.2, 0.25) is 0 Å². The third kappa shape index (κ3) is 3.84. The Morgan fingerprint density at radius 2 is 1.91 bits per heavy atom. The summed E-state index contributed by atoms with van der Waals surface area (Å²) in [6.45, 7) is -1.01. The molecular weight excluding hydrogens is 454 g/mol. The highest BCUT2D eigenvalue weighted by Gasteiger charge is 2.53. The van der Waals surface area contributed by atoms with Gasteiger partial charge in [0.05, 0.1) is 17.3 Å². The molecular formula is C19H15F4N5O3S. The lowest BCUT2D eigenvalue weighted by Crippen LogP contribution is -2.62. The summed E-state index contributed by atoms with van der Waals surface area (Å²) in [5.74, 6) is -1.09. The molecule has 1 aliphatic heterocycles. The number of carbonyl (C=O) groups is 1. The minimum Gasteiger partial charge on any atom is -0.382 e. The van der Waals surface area contributed by atoms with Crippen molar-refractivity contribution in [1.82, 2.24) is 19.6 Å². The Bertz CT molecular complexity index is 1320. The van der Waals surface area contributed by atoms with E-state index in [1.54, 1.807) is 18.2 Å². The molecule has 168 valence electrons.